The molecule has 0 aliphatic carbocycles. The highest BCUT2D eigenvalue weighted by molar-refractivity contribution is 5.90. The number of pyridine rings is 1. The summed E-state index contributed by atoms with van der Waals surface area (Å²) in [5.41, 5.74) is 3.37. The van der Waals surface area contributed by atoms with Gasteiger partial charge >= 0.3 is 6.09 Å². The number of alkyl carbamates (subject to hydrolysis) is 1. The third-order valence-electron chi connectivity index (χ3n) is 8.11. The second kappa shape index (κ2) is 15.6. The standard InChI is InChI=1S/C37H36FN5O4/c1-3-4-18-46-37(44)42-29-14-16-43(17-15-29)36-30(22-40)35(27-10-11-28(21-39)32(38)19-27)31(23-41-36)26-12-13-33(45-2)34(20-26)47-24-25-8-6-5-7-9-25/h5-13,19-20,23,29H,3-4,14-18,24H2,1-2H3,(H,42,44). The summed E-state index contributed by atoms with van der Waals surface area (Å²) >= 11 is 0. The number of methoxy groups -OCH3 is 1. The van der Waals surface area contributed by atoms with Gasteiger partial charge in [-0.25, -0.2) is 14.2 Å². The molecule has 0 atom stereocenters. The van der Waals surface area contributed by atoms with E-state index in [1.807, 2.05) is 60.4 Å². The summed E-state index contributed by atoms with van der Waals surface area (Å²) in [5, 5.41) is 22.9. The average molecular weight is 634 g/mol. The van der Waals surface area contributed by atoms with Crippen LogP contribution in [0.2, 0.25) is 0 Å². The van der Waals surface area contributed by atoms with Crippen LogP contribution < -0.4 is 19.7 Å². The number of anilines is 1. The minimum absolute atomic E-state index is 0.0640. The lowest BCUT2D eigenvalue weighted by Gasteiger charge is -2.34. The summed E-state index contributed by atoms with van der Waals surface area (Å²) in [6.07, 6.45) is 4.29. The summed E-state index contributed by atoms with van der Waals surface area (Å²) < 4.78 is 32.0. The van der Waals surface area contributed by atoms with Crippen LogP contribution in [0.1, 0.15) is 49.3 Å². The lowest BCUT2D eigenvalue weighted by atomic mass is 9.91. The molecule has 5 rings (SSSR count). The monoisotopic (exact) mass is 633 g/mol. The first-order chi connectivity index (χ1) is 22.9. The third kappa shape index (κ3) is 7.79. The molecule has 4 aromatic rings. The fourth-order valence-electron chi connectivity index (χ4n) is 5.57. The SMILES string of the molecule is CCCCOC(=O)NC1CCN(c2ncc(-c3ccc(OC)c(OCc4ccccc4)c3)c(-c3ccc(C#N)c(F)c3)c2C#N)CC1. The molecule has 10 heteroatoms. The number of ether oxygens (including phenoxy) is 3. The summed E-state index contributed by atoms with van der Waals surface area (Å²) in [4.78, 5) is 19.0. The Kier molecular flexibility index (Phi) is 10.9. The van der Waals surface area contributed by atoms with E-state index in [1.54, 1.807) is 25.4 Å². The van der Waals surface area contributed by atoms with Crippen molar-refractivity contribution in [2.45, 2.75) is 45.3 Å². The number of carbonyl (C=O) groups excluding carboxylic acids is 1. The molecule has 9 nitrogen and oxygen atoms in total. The molecule has 0 saturated carbocycles. The minimum atomic E-state index is -0.683. The van der Waals surface area contributed by atoms with Gasteiger partial charge < -0.3 is 24.4 Å². The Morgan fingerprint density at radius 1 is 1.02 bits per heavy atom. The Labute approximate surface area is 274 Å². The van der Waals surface area contributed by atoms with Gasteiger partial charge in [-0.15, -0.1) is 0 Å². The maximum absolute atomic E-state index is 15.0. The molecule has 1 N–H and O–H groups in total. The molecule has 1 aromatic heterocycles. The van der Waals surface area contributed by atoms with Crippen LogP contribution in [0.4, 0.5) is 15.0 Å². The molecule has 1 fully saturated rings. The number of unbranched alkanes of at least 4 members (excludes halogenated alkanes) is 1. The number of aromatic nitrogens is 1. The van der Waals surface area contributed by atoms with Crippen LogP contribution in [0, 0.1) is 28.5 Å². The number of halogens is 1. The predicted octanol–water partition coefficient (Wildman–Crippen LogP) is 7.38. The fourth-order valence-corrected chi connectivity index (χ4v) is 5.57. The Hall–Kier alpha value is -5.61. The van der Waals surface area contributed by atoms with Gasteiger partial charge in [-0.3, -0.25) is 0 Å². The quantitative estimate of drug-likeness (QED) is 0.170. The van der Waals surface area contributed by atoms with E-state index in [-0.39, 0.29) is 17.2 Å². The van der Waals surface area contributed by atoms with Gasteiger partial charge in [-0.2, -0.15) is 10.5 Å². The maximum atomic E-state index is 15.0. The molecular formula is C37H36FN5O4. The van der Waals surface area contributed by atoms with Crippen molar-refractivity contribution >= 4 is 11.9 Å². The van der Waals surface area contributed by atoms with E-state index in [0.717, 1.165) is 18.4 Å². The molecule has 3 aromatic carbocycles. The van der Waals surface area contributed by atoms with Crippen LogP contribution in [-0.4, -0.2) is 43.9 Å². The molecule has 2 heterocycles. The average Bonchev–Trinajstić information content (AvgIpc) is 3.10. The summed E-state index contributed by atoms with van der Waals surface area (Å²) in [6, 6.07) is 23.6. The van der Waals surface area contributed by atoms with E-state index in [2.05, 4.69) is 11.4 Å². The number of nitriles is 2. The lowest BCUT2D eigenvalue weighted by molar-refractivity contribution is 0.139. The summed E-state index contributed by atoms with van der Waals surface area (Å²) in [5.74, 6) is 0.814. The van der Waals surface area contributed by atoms with Crippen molar-refractivity contribution in [1.82, 2.24) is 10.3 Å². The van der Waals surface area contributed by atoms with Gasteiger partial charge in [0.05, 0.1) is 19.3 Å². The van der Waals surface area contributed by atoms with Crippen molar-refractivity contribution in [1.29, 1.82) is 10.5 Å². The van der Waals surface area contributed by atoms with Crippen molar-refractivity contribution in [3.05, 3.63) is 95.4 Å². The van der Waals surface area contributed by atoms with E-state index in [1.165, 1.54) is 12.1 Å². The van der Waals surface area contributed by atoms with Crippen LogP contribution in [0.15, 0.2) is 72.9 Å². The Bertz CT molecular complexity index is 1790. The second-order valence-electron chi connectivity index (χ2n) is 11.2. The number of benzene rings is 3. The first-order valence-electron chi connectivity index (χ1n) is 15.6. The summed E-state index contributed by atoms with van der Waals surface area (Å²) in [6.45, 7) is 3.82. The predicted molar refractivity (Wildman–Crippen MR) is 176 cm³/mol. The largest absolute Gasteiger partial charge is 0.493 e. The van der Waals surface area contributed by atoms with Crippen molar-refractivity contribution < 1.29 is 23.4 Å². The molecule has 240 valence electrons. The molecule has 0 spiro atoms. The number of rotatable bonds is 11. The smallest absolute Gasteiger partial charge is 0.407 e. The van der Waals surface area contributed by atoms with Crippen molar-refractivity contribution in [2.75, 3.05) is 31.7 Å². The number of hydrogen-bond donors (Lipinski definition) is 1. The van der Waals surface area contributed by atoms with Gasteiger partial charge in [0, 0.05) is 36.5 Å². The zero-order valence-electron chi connectivity index (χ0n) is 26.5. The molecule has 1 amide bonds. The molecular weight excluding hydrogens is 597 g/mol. The number of nitrogens with one attached hydrogen (secondary N) is 1. The van der Waals surface area contributed by atoms with Gasteiger partial charge in [0.1, 0.15) is 35.9 Å². The van der Waals surface area contributed by atoms with Crippen LogP contribution in [0.5, 0.6) is 11.5 Å². The zero-order valence-corrected chi connectivity index (χ0v) is 26.5. The highest BCUT2D eigenvalue weighted by atomic mass is 19.1. The molecule has 0 radical (unpaired) electrons. The van der Waals surface area contributed by atoms with Crippen LogP contribution in [-0.2, 0) is 11.3 Å². The van der Waals surface area contributed by atoms with Gasteiger partial charge in [-0.05, 0) is 60.2 Å². The van der Waals surface area contributed by atoms with Crippen molar-refractivity contribution in [2.24, 2.45) is 0 Å². The molecule has 47 heavy (non-hydrogen) atoms. The minimum Gasteiger partial charge on any atom is -0.493 e. The first-order valence-corrected chi connectivity index (χ1v) is 15.6. The normalized spacial score (nSPS) is 12.9. The van der Waals surface area contributed by atoms with Crippen molar-refractivity contribution in [3.63, 3.8) is 0 Å². The van der Waals surface area contributed by atoms with E-state index in [0.29, 0.717) is 78.7 Å². The molecule has 1 saturated heterocycles. The number of piperidine rings is 1. The maximum Gasteiger partial charge on any atom is 0.407 e. The van der Waals surface area contributed by atoms with E-state index < -0.39 is 11.9 Å². The Morgan fingerprint density at radius 2 is 1.79 bits per heavy atom. The summed E-state index contributed by atoms with van der Waals surface area (Å²) in [7, 11) is 1.56. The van der Waals surface area contributed by atoms with Gasteiger partial charge in [0.2, 0.25) is 0 Å². The highest BCUT2D eigenvalue weighted by Gasteiger charge is 2.27. The molecule has 1 aliphatic heterocycles. The highest BCUT2D eigenvalue weighted by Crippen LogP contribution is 2.41. The Morgan fingerprint density at radius 3 is 2.47 bits per heavy atom. The Balaban J connectivity index is 1.50. The third-order valence-corrected chi connectivity index (χ3v) is 8.11. The first kappa shape index (κ1) is 32.8. The van der Waals surface area contributed by atoms with Crippen LogP contribution >= 0.6 is 0 Å². The number of hydrogen-bond acceptors (Lipinski definition) is 8. The van der Waals surface area contributed by atoms with E-state index in [4.69, 9.17) is 19.2 Å². The van der Waals surface area contributed by atoms with Gasteiger partial charge in [0.25, 0.3) is 0 Å². The van der Waals surface area contributed by atoms with Crippen LogP contribution in [0.25, 0.3) is 22.3 Å². The molecule has 1 aliphatic rings. The number of carbonyl (C=O) groups is 1. The van der Waals surface area contributed by atoms with E-state index in [9.17, 15) is 15.3 Å². The topological polar surface area (TPSA) is 120 Å². The zero-order chi connectivity index (χ0) is 33.2. The van der Waals surface area contributed by atoms with Gasteiger partial charge in [0.15, 0.2) is 11.5 Å². The van der Waals surface area contributed by atoms with Gasteiger partial charge in [-0.1, -0.05) is 55.8 Å². The second-order valence-corrected chi connectivity index (χ2v) is 11.2. The lowest BCUT2D eigenvalue weighted by Crippen LogP contribution is -2.45. The van der Waals surface area contributed by atoms with Crippen molar-refractivity contribution in [3.8, 4) is 45.9 Å². The molecule has 0 bridgehead atoms. The fraction of sp³-hybridized carbons (Fsp3) is 0.297. The number of nitrogens with zero attached hydrogens (tertiary/aromatic N) is 4. The molecule has 0 unspecified atom stereocenters. The van der Waals surface area contributed by atoms with Crippen LogP contribution in [0.3, 0.4) is 0 Å². The van der Waals surface area contributed by atoms with E-state index >= 15 is 4.39 Å². The number of amides is 1.